The van der Waals surface area contributed by atoms with Crippen LogP contribution in [0.4, 0.5) is 16.2 Å². The van der Waals surface area contributed by atoms with Crippen LogP contribution in [-0.2, 0) is 6.54 Å². The van der Waals surface area contributed by atoms with Crippen LogP contribution in [0.1, 0.15) is 81.5 Å². The van der Waals surface area contributed by atoms with Gasteiger partial charge in [0.05, 0.1) is 6.54 Å². The molecule has 0 bridgehead atoms. The van der Waals surface area contributed by atoms with Gasteiger partial charge in [0, 0.05) is 21.4 Å². The molecular formula is C29H34Cl2N2O. The van der Waals surface area contributed by atoms with Crippen molar-refractivity contribution in [3.63, 3.8) is 0 Å². The molecule has 0 heterocycles. The molecule has 0 aliphatic heterocycles. The second-order valence-corrected chi connectivity index (χ2v) is 10.5. The summed E-state index contributed by atoms with van der Waals surface area (Å²) in [5, 5.41) is 4.35. The Kier molecular flexibility index (Phi) is 8.67. The number of carbonyl (C=O) groups excluding carboxylic acids is 1. The van der Waals surface area contributed by atoms with Crippen LogP contribution in [0, 0.1) is 0 Å². The van der Waals surface area contributed by atoms with E-state index in [1.165, 1.54) is 5.56 Å². The Morgan fingerprint density at radius 1 is 0.824 bits per heavy atom. The number of carbonyl (C=O) groups is 1. The molecule has 0 atom stereocenters. The summed E-state index contributed by atoms with van der Waals surface area (Å²) in [7, 11) is 0. The van der Waals surface area contributed by atoms with Crippen LogP contribution >= 0.6 is 23.2 Å². The van der Waals surface area contributed by atoms with Crippen LogP contribution in [0.3, 0.4) is 0 Å². The molecule has 3 nitrogen and oxygen atoms in total. The van der Waals surface area contributed by atoms with Gasteiger partial charge < -0.3 is 5.32 Å². The van der Waals surface area contributed by atoms with Crippen LogP contribution in [0.5, 0.6) is 0 Å². The SMILES string of the molecule is CC(C)c1ccc(N(Cc2ccc(Cl)cc2Cl)C(=O)Nc2c(C(C)C)cccc2C(C)C)cc1. The zero-order chi connectivity index (χ0) is 25.0. The lowest BCUT2D eigenvalue weighted by atomic mass is 9.92. The smallest absolute Gasteiger partial charge is 0.307 e. The van der Waals surface area contributed by atoms with Gasteiger partial charge in [0.2, 0.25) is 0 Å². The molecule has 5 heteroatoms. The molecule has 3 aromatic carbocycles. The van der Waals surface area contributed by atoms with Crippen LogP contribution in [0.25, 0.3) is 0 Å². The fraction of sp³-hybridized carbons (Fsp3) is 0.345. The molecule has 0 radical (unpaired) electrons. The lowest BCUT2D eigenvalue weighted by molar-refractivity contribution is 0.256. The molecule has 0 fully saturated rings. The van der Waals surface area contributed by atoms with Crippen LogP contribution in [0.2, 0.25) is 10.0 Å². The van der Waals surface area contributed by atoms with E-state index in [9.17, 15) is 4.79 Å². The molecular weight excluding hydrogens is 463 g/mol. The maximum atomic E-state index is 13.8. The molecule has 3 aromatic rings. The molecule has 0 saturated carbocycles. The number of rotatable bonds is 7. The van der Waals surface area contributed by atoms with Crippen molar-refractivity contribution in [1.82, 2.24) is 0 Å². The minimum Gasteiger partial charge on any atom is -0.307 e. The number of urea groups is 1. The molecule has 0 spiro atoms. The summed E-state index contributed by atoms with van der Waals surface area (Å²) in [4.78, 5) is 15.5. The first-order valence-corrected chi connectivity index (χ1v) is 12.6. The summed E-state index contributed by atoms with van der Waals surface area (Å²) in [5.74, 6) is 0.963. The largest absolute Gasteiger partial charge is 0.326 e. The number of anilines is 2. The van der Waals surface area contributed by atoms with E-state index in [1.54, 1.807) is 17.0 Å². The van der Waals surface area contributed by atoms with Crippen LogP contribution < -0.4 is 10.2 Å². The molecule has 34 heavy (non-hydrogen) atoms. The number of amides is 2. The van der Waals surface area contributed by atoms with E-state index < -0.39 is 0 Å². The average Bonchev–Trinajstić information content (AvgIpc) is 2.78. The van der Waals surface area contributed by atoms with Crippen molar-refractivity contribution in [2.75, 3.05) is 10.2 Å². The molecule has 2 amide bonds. The average molecular weight is 498 g/mol. The summed E-state index contributed by atoms with van der Waals surface area (Å²) >= 11 is 12.6. The number of halogens is 2. The highest BCUT2D eigenvalue weighted by Gasteiger charge is 2.22. The van der Waals surface area contributed by atoms with E-state index in [-0.39, 0.29) is 17.9 Å². The van der Waals surface area contributed by atoms with E-state index in [1.807, 2.05) is 18.2 Å². The minimum absolute atomic E-state index is 0.196. The van der Waals surface area contributed by atoms with Gasteiger partial charge in [-0.15, -0.1) is 0 Å². The van der Waals surface area contributed by atoms with E-state index in [0.717, 1.165) is 28.1 Å². The third-order valence-corrected chi connectivity index (χ3v) is 6.65. The number of hydrogen-bond acceptors (Lipinski definition) is 1. The standard InChI is InChI=1S/C29H34Cl2N2O/c1-18(2)21-11-14-24(15-12-21)33(17-22-10-13-23(30)16-27(22)31)29(34)32-28-25(19(3)4)8-7-9-26(28)20(5)6/h7-16,18-20H,17H2,1-6H3,(H,32,34). The van der Waals surface area contributed by atoms with Crippen molar-refractivity contribution < 1.29 is 4.79 Å². The lowest BCUT2D eigenvalue weighted by Crippen LogP contribution is -2.35. The number of benzene rings is 3. The Balaban J connectivity index is 2.03. The summed E-state index contributed by atoms with van der Waals surface area (Å²) in [6.45, 7) is 13.2. The van der Waals surface area contributed by atoms with E-state index >= 15 is 0 Å². The Hall–Kier alpha value is -2.49. The Morgan fingerprint density at radius 2 is 1.41 bits per heavy atom. The highest BCUT2D eigenvalue weighted by Crippen LogP contribution is 2.34. The zero-order valence-electron chi connectivity index (χ0n) is 20.8. The summed E-state index contributed by atoms with van der Waals surface area (Å²) in [6.07, 6.45) is 0. The molecule has 0 aromatic heterocycles. The normalized spacial score (nSPS) is 11.4. The number of nitrogens with one attached hydrogen (secondary N) is 1. The van der Waals surface area contributed by atoms with Gasteiger partial charge in [0.25, 0.3) is 0 Å². The monoisotopic (exact) mass is 496 g/mol. The van der Waals surface area contributed by atoms with Gasteiger partial charge in [0.1, 0.15) is 0 Å². The first-order valence-electron chi connectivity index (χ1n) is 11.8. The lowest BCUT2D eigenvalue weighted by Gasteiger charge is -2.27. The van der Waals surface area contributed by atoms with Gasteiger partial charge in [-0.1, -0.05) is 101 Å². The fourth-order valence-corrected chi connectivity index (χ4v) is 4.48. The summed E-state index contributed by atoms with van der Waals surface area (Å²) in [5.41, 5.74) is 6.00. The maximum Gasteiger partial charge on any atom is 0.326 e. The Bertz CT molecular complexity index is 1110. The topological polar surface area (TPSA) is 32.3 Å². The highest BCUT2D eigenvalue weighted by molar-refractivity contribution is 6.35. The van der Waals surface area contributed by atoms with Crippen LogP contribution in [-0.4, -0.2) is 6.03 Å². The Labute approximate surface area is 214 Å². The zero-order valence-corrected chi connectivity index (χ0v) is 22.3. The molecule has 1 N–H and O–H groups in total. The molecule has 0 aliphatic carbocycles. The quantitative estimate of drug-likeness (QED) is 0.346. The van der Waals surface area contributed by atoms with Crippen LogP contribution in [0.15, 0.2) is 60.7 Å². The summed E-state index contributed by atoms with van der Waals surface area (Å²) in [6, 6.07) is 19.6. The van der Waals surface area contributed by atoms with Crippen molar-refractivity contribution in [2.45, 2.75) is 65.8 Å². The van der Waals surface area contributed by atoms with E-state index in [0.29, 0.717) is 22.5 Å². The van der Waals surface area contributed by atoms with Gasteiger partial charge >= 0.3 is 6.03 Å². The van der Waals surface area contributed by atoms with Gasteiger partial charge in [-0.05, 0) is 64.3 Å². The van der Waals surface area contributed by atoms with Gasteiger partial charge in [-0.25, -0.2) is 4.79 Å². The van der Waals surface area contributed by atoms with Crippen molar-refractivity contribution in [3.8, 4) is 0 Å². The number of nitrogens with zero attached hydrogens (tertiary/aromatic N) is 1. The molecule has 3 rings (SSSR count). The third kappa shape index (κ3) is 6.14. The molecule has 0 saturated heterocycles. The second-order valence-electron chi connectivity index (χ2n) is 9.62. The number of para-hydroxylation sites is 1. The van der Waals surface area contributed by atoms with Crippen molar-refractivity contribution in [3.05, 3.63) is 93.0 Å². The molecule has 0 aliphatic rings. The first kappa shape index (κ1) is 26.1. The highest BCUT2D eigenvalue weighted by atomic mass is 35.5. The number of hydrogen-bond donors (Lipinski definition) is 1. The Morgan fingerprint density at radius 3 is 1.91 bits per heavy atom. The van der Waals surface area contributed by atoms with Crippen molar-refractivity contribution in [2.24, 2.45) is 0 Å². The van der Waals surface area contributed by atoms with Gasteiger partial charge in [-0.2, -0.15) is 0 Å². The maximum absolute atomic E-state index is 13.8. The summed E-state index contributed by atoms with van der Waals surface area (Å²) < 4.78 is 0. The predicted octanol–water partition coefficient (Wildman–Crippen LogP) is 9.60. The predicted molar refractivity (Wildman–Crippen MR) is 147 cm³/mol. The third-order valence-electron chi connectivity index (χ3n) is 6.07. The second kappa shape index (κ2) is 11.3. The van der Waals surface area contributed by atoms with Crippen molar-refractivity contribution >= 4 is 40.6 Å². The van der Waals surface area contributed by atoms with Gasteiger partial charge in [-0.3, -0.25) is 4.90 Å². The van der Waals surface area contributed by atoms with E-state index in [4.69, 9.17) is 23.2 Å². The van der Waals surface area contributed by atoms with Crippen molar-refractivity contribution in [1.29, 1.82) is 0 Å². The van der Waals surface area contributed by atoms with E-state index in [2.05, 4.69) is 77.2 Å². The fourth-order valence-electron chi connectivity index (χ4n) is 4.01. The molecule has 180 valence electrons. The van der Waals surface area contributed by atoms with Gasteiger partial charge in [0.15, 0.2) is 0 Å². The minimum atomic E-state index is -0.196. The molecule has 0 unspecified atom stereocenters. The first-order chi connectivity index (χ1) is 16.1.